The fourth-order valence-corrected chi connectivity index (χ4v) is 2.27. The van der Waals surface area contributed by atoms with Crippen LogP contribution in [0.3, 0.4) is 0 Å². The van der Waals surface area contributed by atoms with Crippen LogP contribution in [0.2, 0.25) is 0 Å². The van der Waals surface area contributed by atoms with Crippen LogP contribution in [0.25, 0.3) is 0 Å². The molecule has 6 heteroatoms. The average Bonchev–Trinajstić information content (AvgIpc) is 2.42. The van der Waals surface area contributed by atoms with Gasteiger partial charge in [0.05, 0.1) is 6.61 Å². The molecule has 0 amide bonds. The molecule has 106 valence electrons. The molecule has 0 bridgehead atoms. The zero-order chi connectivity index (χ0) is 14.0. The van der Waals surface area contributed by atoms with Crippen molar-refractivity contribution in [1.29, 1.82) is 0 Å². The molecule has 19 heavy (non-hydrogen) atoms. The lowest BCUT2D eigenvalue weighted by Gasteiger charge is -2.46. The molecule has 5 atom stereocenters. The van der Waals surface area contributed by atoms with Crippen LogP contribution < -0.4 is 0 Å². The minimum atomic E-state index is -2.02. The van der Waals surface area contributed by atoms with E-state index < -0.39 is 36.8 Å². The van der Waals surface area contributed by atoms with E-state index in [0.717, 1.165) is 0 Å². The molecule has 1 aromatic rings. The predicted octanol–water partition coefficient (Wildman–Crippen LogP) is -1.61. The maximum absolute atomic E-state index is 10.4. The molecule has 0 unspecified atom stereocenters. The lowest BCUT2D eigenvalue weighted by atomic mass is 9.82. The molecule has 0 spiro atoms. The SMILES string of the molecule is OC[C@H]1O[C@H](O)[C@@](O)(Cc2ccccc2)[C@@H](O)[C@@H]1O. The van der Waals surface area contributed by atoms with Gasteiger partial charge in [-0.1, -0.05) is 30.3 Å². The lowest BCUT2D eigenvalue weighted by Crippen LogP contribution is -2.67. The normalized spacial score (nSPS) is 39.2. The first-order valence-electron chi connectivity index (χ1n) is 6.06. The Bertz CT molecular complexity index is 411. The second kappa shape index (κ2) is 5.54. The Balaban J connectivity index is 2.21. The molecular formula is C13H18O6. The minimum absolute atomic E-state index is 0.0780. The Morgan fingerprint density at radius 2 is 1.74 bits per heavy atom. The first kappa shape index (κ1) is 14.4. The van der Waals surface area contributed by atoms with Gasteiger partial charge in [-0.05, 0) is 5.56 Å². The Morgan fingerprint density at radius 3 is 2.32 bits per heavy atom. The molecule has 0 saturated carbocycles. The fourth-order valence-electron chi connectivity index (χ4n) is 2.27. The third-order valence-corrected chi connectivity index (χ3v) is 3.46. The van der Waals surface area contributed by atoms with E-state index in [1.54, 1.807) is 30.3 Å². The summed E-state index contributed by atoms with van der Waals surface area (Å²) >= 11 is 0. The van der Waals surface area contributed by atoms with E-state index in [2.05, 4.69) is 0 Å². The summed E-state index contributed by atoms with van der Waals surface area (Å²) < 4.78 is 4.95. The van der Waals surface area contributed by atoms with E-state index in [4.69, 9.17) is 9.84 Å². The van der Waals surface area contributed by atoms with Gasteiger partial charge < -0.3 is 30.3 Å². The molecule has 0 aliphatic carbocycles. The van der Waals surface area contributed by atoms with E-state index in [1.165, 1.54) is 0 Å². The molecule has 0 radical (unpaired) electrons. The summed E-state index contributed by atoms with van der Waals surface area (Å²) in [4.78, 5) is 0. The molecule has 1 aromatic carbocycles. The maximum atomic E-state index is 10.4. The van der Waals surface area contributed by atoms with Crippen molar-refractivity contribution in [3.8, 4) is 0 Å². The van der Waals surface area contributed by atoms with E-state index in [-0.39, 0.29) is 6.42 Å². The highest BCUT2D eigenvalue weighted by atomic mass is 16.6. The first-order chi connectivity index (χ1) is 8.99. The summed E-state index contributed by atoms with van der Waals surface area (Å²) in [5, 5.41) is 48.9. The molecule has 1 heterocycles. The second-order valence-corrected chi connectivity index (χ2v) is 4.80. The number of rotatable bonds is 3. The van der Waals surface area contributed by atoms with E-state index in [1.807, 2.05) is 0 Å². The molecule has 1 fully saturated rings. The Kier molecular flexibility index (Phi) is 4.19. The van der Waals surface area contributed by atoms with Crippen LogP contribution in [-0.2, 0) is 11.2 Å². The smallest absolute Gasteiger partial charge is 0.187 e. The highest BCUT2D eigenvalue weighted by Gasteiger charge is 2.53. The van der Waals surface area contributed by atoms with Gasteiger partial charge in [-0.2, -0.15) is 0 Å². The molecule has 1 aliphatic heterocycles. The van der Waals surface area contributed by atoms with Gasteiger partial charge >= 0.3 is 0 Å². The summed E-state index contributed by atoms with van der Waals surface area (Å²) in [6.45, 7) is -0.559. The van der Waals surface area contributed by atoms with Crippen molar-refractivity contribution >= 4 is 0 Å². The van der Waals surface area contributed by atoms with Gasteiger partial charge in [-0.25, -0.2) is 0 Å². The summed E-state index contributed by atoms with van der Waals surface area (Å²) in [6, 6.07) is 8.76. The van der Waals surface area contributed by atoms with Crippen molar-refractivity contribution in [2.24, 2.45) is 0 Å². The standard InChI is InChI=1S/C13H18O6/c14-7-9-10(15)11(16)13(18,12(17)19-9)6-8-4-2-1-3-5-8/h1-5,9-12,14-18H,6-7H2/t9-,10-,11+,12+,13-/m1/s1. The zero-order valence-electron chi connectivity index (χ0n) is 10.3. The van der Waals surface area contributed by atoms with Gasteiger partial charge in [0.1, 0.15) is 23.9 Å². The molecule has 5 N–H and O–H groups in total. The minimum Gasteiger partial charge on any atom is -0.394 e. The van der Waals surface area contributed by atoms with Crippen LogP contribution in [0.4, 0.5) is 0 Å². The van der Waals surface area contributed by atoms with E-state index in [0.29, 0.717) is 5.56 Å². The van der Waals surface area contributed by atoms with Crippen molar-refractivity contribution < 1.29 is 30.3 Å². The lowest BCUT2D eigenvalue weighted by molar-refractivity contribution is -0.328. The largest absolute Gasteiger partial charge is 0.394 e. The van der Waals surface area contributed by atoms with Crippen LogP contribution in [0.1, 0.15) is 5.56 Å². The van der Waals surface area contributed by atoms with Crippen molar-refractivity contribution in [2.45, 2.75) is 36.6 Å². The highest BCUT2D eigenvalue weighted by molar-refractivity contribution is 5.19. The van der Waals surface area contributed by atoms with Gasteiger partial charge in [-0.3, -0.25) is 0 Å². The van der Waals surface area contributed by atoms with Crippen LogP contribution in [0.5, 0.6) is 0 Å². The van der Waals surface area contributed by atoms with Crippen LogP contribution in [0, 0.1) is 0 Å². The van der Waals surface area contributed by atoms with Gasteiger partial charge in [-0.15, -0.1) is 0 Å². The Morgan fingerprint density at radius 1 is 1.11 bits per heavy atom. The van der Waals surface area contributed by atoms with E-state index in [9.17, 15) is 20.4 Å². The number of benzene rings is 1. The number of aliphatic hydroxyl groups excluding tert-OH is 4. The summed E-state index contributed by atoms with van der Waals surface area (Å²) in [5.74, 6) is 0. The first-order valence-corrected chi connectivity index (χ1v) is 6.06. The average molecular weight is 270 g/mol. The molecular weight excluding hydrogens is 252 g/mol. The van der Waals surface area contributed by atoms with Gasteiger partial charge in [0.15, 0.2) is 6.29 Å². The number of hydrogen-bond donors (Lipinski definition) is 5. The quantitative estimate of drug-likeness (QED) is 0.452. The van der Waals surface area contributed by atoms with Crippen LogP contribution >= 0.6 is 0 Å². The van der Waals surface area contributed by atoms with Crippen LogP contribution in [-0.4, -0.2) is 62.3 Å². The van der Waals surface area contributed by atoms with Crippen molar-refractivity contribution in [3.63, 3.8) is 0 Å². The summed E-state index contributed by atoms with van der Waals surface area (Å²) in [6.07, 6.45) is -5.98. The maximum Gasteiger partial charge on any atom is 0.187 e. The van der Waals surface area contributed by atoms with Crippen LogP contribution in [0.15, 0.2) is 30.3 Å². The number of ether oxygens (including phenoxy) is 1. The monoisotopic (exact) mass is 270 g/mol. The molecule has 0 aromatic heterocycles. The molecule has 6 nitrogen and oxygen atoms in total. The second-order valence-electron chi connectivity index (χ2n) is 4.80. The molecule has 1 saturated heterocycles. The van der Waals surface area contributed by atoms with Gasteiger partial charge in [0.25, 0.3) is 0 Å². The Hall–Kier alpha value is -1.02. The van der Waals surface area contributed by atoms with Crippen molar-refractivity contribution in [2.75, 3.05) is 6.61 Å². The highest BCUT2D eigenvalue weighted by Crippen LogP contribution is 2.31. The number of aliphatic hydroxyl groups is 5. The van der Waals surface area contributed by atoms with E-state index >= 15 is 0 Å². The van der Waals surface area contributed by atoms with Gasteiger partial charge in [0.2, 0.25) is 0 Å². The van der Waals surface area contributed by atoms with Crippen molar-refractivity contribution in [3.05, 3.63) is 35.9 Å². The fraction of sp³-hybridized carbons (Fsp3) is 0.538. The number of hydrogen-bond acceptors (Lipinski definition) is 6. The zero-order valence-corrected chi connectivity index (χ0v) is 10.3. The summed E-state index contributed by atoms with van der Waals surface area (Å²) in [7, 11) is 0. The van der Waals surface area contributed by atoms with Crippen molar-refractivity contribution in [1.82, 2.24) is 0 Å². The molecule has 1 aliphatic rings. The third kappa shape index (κ3) is 2.64. The summed E-state index contributed by atoms with van der Waals surface area (Å²) in [5.41, 5.74) is -1.34. The molecule has 2 rings (SSSR count). The Labute approximate surface area is 110 Å². The third-order valence-electron chi connectivity index (χ3n) is 3.46. The predicted molar refractivity (Wildman–Crippen MR) is 65.1 cm³/mol. The van der Waals surface area contributed by atoms with Gasteiger partial charge in [0, 0.05) is 6.42 Å². The topological polar surface area (TPSA) is 110 Å².